The Bertz CT molecular complexity index is 6280. The standard InChI is InChI=1S/C26H29O2S.C20H24O2.C18H15S.C17H21NO6.C15H18F4O6S.C10H14O.C3F6NO4S2/c1-4-26(2,3)25(27)28-20-19-21-15-17-24(18-16-21)29(22-11-7-5-8-12-22)23-13-9-6-10-14-23;1-5-20(3,4)19(21)22-15(2)16-11-13-18(14-12-16)17-9-7-6-8-10-17;1-4-10-16(11-5-1)19(17-12-6-2-7-13-17)18-14-8-3-9-15-18;1-4-16(2,3)14(20)22-7-11(19)23-12-9-5-10-13(12)24-15(21)17(10,6-9)8-18;1-4-15(2,3)14(20)25-7-5-6-24-12-8(16)10(18)13(26(21,22)23)11(19)9(12)17;1-3-8(2)9-4-6-10(11)7-5-9;4-1(5)2(6,7)15(11,12)10-16(13,14)3(1,8)9/h5-18H,4,19-20H2,1-3H3;6-15H,5H2,1-4H3;1-15H;9-10,12-13H,4-7H2,1-3H3;4-7H2,1-3H3,(H,21,22,23);4-8,11H,3H2,1-2H3;/q+1;;+1;;;;-1/p-1. The lowest BCUT2D eigenvalue weighted by molar-refractivity contribution is -0.244. The van der Waals surface area contributed by atoms with Crippen LogP contribution in [0.5, 0.6) is 11.5 Å². The summed E-state index contributed by atoms with van der Waals surface area (Å²) in [4.78, 5) is 77.5. The molecule has 2 saturated carbocycles. The lowest BCUT2D eigenvalue weighted by Gasteiger charge is -2.42. The second kappa shape index (κ2) is 51.7. The Morgan fingerprint density at radius 3 is 1.27 bits per heavy atom. The van der Waals surface area contributed by atoms with Gasteiger partial charge in [-0.2, -0.15) is 40.4 Å². The number of nitriles is 1. The Morgan fingerprint density at radius 2 is 0.878 bits per heavy atom. The molecule has 2 bridgehead atoms. The summed E-state index contributed by atoms with van der Waals surface area (Å²) in [5, 5.41) is 5.75. The summed E-state index contributed by atoms with van der Waals surface area (Å²) in [5.41, 5.74) is 2.57. The van der Waals surface area contributed by atoms with Gasteiger partial charge in [-0.25, -0.2) is 38.8 Å². The third kappa shape index (κ3) is 29.9. The van der Waals surface area contributed by atoms with Crippen LogP contribution in [0, 0.1) is 73.5 Å². The van der Waals surface area contributed by atoms with Crippen LogP contribution >= 0.6 is 0 Å². The van der Waals surface area contributed by atoms with Crippen LogP contribution in [0.2, 0.25) is 0 Å². The Balaban J connectivity index is 0.000000212. The van der Waals surface area contributed by atoms with Gasteiger partial charge >= 0.3 is 52.2 Å². The molecule has 0 radical (unpaired) electrons. The van der Waals surface area contributed by atoms with Gasteiger partial charge in [-0.3, -0.25) is 24.0 Å². The molecule has 1 N–H and O–H groups in total. The van der Waals surface area contributed by atoms with Crippen LogP contribution < -0.4 is 4.74 Å². The Morgan fingerprint density at radius 1 is 0.510 bits per heavy atom. The summed E-state index contributed by atoms with van der Waals surface area (Å²) in [6, 6.07) is 90.1. The molecule has 2 heterocycles. The van der Waals surface area contributed by atoms with E-state index in [9.17, 15) is 108 Å². The van der Waals surface area contributed by atoms with Gasteiger partial charge in [0.15, 0.2) is 78.8 Å². The van der Waals surface area contributed by atoms with E-state index < -0.39 is 157 Å². The Kier molecular flexibility index (Phi) is 42.2. The summed E-state index contributed by atoms with van der Waals surface area (Å²) in [5.74, 6) is -18.8. The van der Waals surface area contributed by atoms with Gasteiger partial charge in [0.25, 0.3) is 0 Å². The topological polar surface area (TPSA) is 351 Å². The average molecular weight is 2140 g/mol. The smallest absolute Gasteiger partial charge is 0.399 e. The summed E-state index contributed by atoms with van der Waals surface area (Å²) < 4.78 is 240. The number of aromatic hydroxyl groups is 1. The third-order valence-electron chi connectivity index (χ3n) is 25.4. The molecule has 7 atom stereocenters. The first-order valence-corrected chi connectivity index (χ1v) is 53.8. The molecule has 4 fully saturated rings. The summed E-state index contributed by atoms with van der Waals surface area (Å²) in [7, 11) is -19.1. The molecule has 147 heavy (non-hydrogen) atoms. The zero-order chi connectivity index (χ0) is 109. The largest absolute Gasteiger partial charge is 0.744 e. The highest BCUT2D eigenvalue weighted by Crippen LogP contribution is 2.63. The number of esters is 6. The lowest BCUT2D eigenvalue weighted by Crippen LogP contribution is -2.64. The van der Waals surface area contributed by atoms with Gasteiger partial charge in [-0.1, -0.05) is 211 Å². The van der Waals surface area contributed by atoms with E-state index >= 15 is 0 Å². The molecule has 0 spiro atoms. The van der Waals surface area contributed by atoms with Crippen LogP contribution in [-0.4, -0.2) is 126 Å². The van der Waals surface area contributed by atoms with Crippen LogP contribution in [0.4, 0.5) is 43.9 Å². The van der Waals surface area contributed by atoms with Gasteiger partial charge in [0.1, 0.15) is 39.1 Å². The van der Waals surface area contributed by atoms with Crippen molar-refractivity contribution >= 4 is 87.8 Å². The minimum Gasteiger partial charge on any atom is -0.744 e. The summed E-state index contributed by atoms with van der Waals surface area (Å²) in [6.07, 6.45) is 4.16. The van der Waals surface area contributed by atoms with Crippen LogP contribution in [0.15, 0.2) is 289 Å². The van der Waals surface area contributed by atoms with Crippen LogP contribution in [0.1, 0.15) is 184 Å². The number of sulfonamides is 2. The molecule has 2 aliphatic heterocycles. The molecule has 7 unspecified atom stereocenters. The average Bonchev–Trinajstić information content (AvgIpc) is 1.68. The SMILES string of the molecule is CCC(C)(C)C(=O)OC(C)c1ccc(-c2ccccc2)cc1.CCC(C)(C)C(=O)OCC(=O)OC1C2CC3C1OC(=O)C3(C#N)C2.CCC(C)(C)C(=O)OCCCOc1c(F)c(F)c(S(=O)(=O)[O-])c(F)c1F.CCC(C)(C)C(=O)OCCc1ccc([S+](c2ccccc2)c2ccccc2)cc1.CCC(C)c1ccc(O)cc1.O=S1(=O)[N-]S(=O)(=O)C(F)(F)C(F)(F)C1(F)F.c1ccc([S+](c2ccccc2)c2ccccc2)cc1. The molecule has 792 valence electrons. The van der Waals surface area contributed by atoms with Crippen molar-refractivity contribution in [3.63, 3.8) is 0 Å². The highest BCUT2D eigenvalue weighted by Gasteiger charge is 2.82. The number of benzene rings is 10. The molecule has 38 heteroatoms. The van der Waals surface area contributed by atoms with Gasteiger partial charge in [-0.05, 0) is 226 Å². The van der Waals surface area contributed by atoms with E-state index in [0.717, 1.165) is 40.9 Å². The first-order valence-electron chi connectivity index (χ1n) is 47.1. The fourth-order valence-electron chi connectivity index (χ4n) is 14.5. The number of carbonyl (C=O) groups excluding carboxylic acids is 6. The fraction of sp³-hybridized carbons (Fsp3) is 0.385. The Hall–Kier alpha value is -12.1. The van der Waals surface area contributed by atoms with E-state index in [1.165, 1.54) is 46.1 Å². The molecule has 10 aromatic carbocycles. The zero-order valence-electron chi connectivity index (χ0n) is 83.7. The number of phenolic OH excluding ortho intramolecular Hbond substituents is 1. The minimum atomic E-state index is -6.60. The third-order valence-corrected chi connectivity index (χ3v) is 34.1. The highest BCUT2D eigenvalue weighted by atomic mass is 32.3. The highest BCUT2D eigenvalue weighted by molar-refractivity contribution is 8.13. The first kappa shape index (κ1) is 120. The number of hydrogen-bond donors (Lipinski definition) is 1. The van der Waals surface area contributed by atoms with Crippen molar-refractivity contribution in [1.82, 2.24) is 0 Å². The van der Waals surface area contributed by atoms with E-state index in [1.807, 2.05) is 97.9 Å². The van der Waals surface area contributed by atoms with E-state index in [-0.39, 0.29) is 64.7 Å². The van der Waals surface area contributed by atoms with Crippen molar-refractivity contribution in [1.29, 1.82) is 5.26 Å². The summed E-state index contributed by atoms with van der Waals surface area (Å²) >= 11 is 0. The molecular weight excluding hydrogens is 2020 g/mol. The molecule has 0 aromatic heterocycles. The minimum absolute atomic E-state index is 0.0146. The molecule has 0 amide bonds. The van der Waals surface area contributed by atoms with E-state index in [1.54, 1.807) is 46.8 Å². The van der Waals surface area contributed by atoms with E-state index in [2.05, 4.69) is 225 Å². The zero-order valence-corrected chi connectivity index (χ0v) is 87.8. The molecule has 14 rings (SSSR count). The number of rotatable bonds is 31. The van der Waals surface area contributed by atoms with Crippen molar-refractivity contribution < 1.29 is 141 Å². The predicted octanol–water partition coefficient (Wildman–Crippen LogP) is 24.5. The van der Waals surface area contributed by atoms with E-state index in [4.69, 9.17) is 33.5 Å². The number of carbonyl (C=O) groups is 6. The maximum atomic E-state index is 13.7. The van der Waals surface area contributed by atoms with Crippen molar-refractivity contribution in [2.45, 2.75) is 237 Å². The van der Waals surface area contributed by atoms with Gasteiger partial charge in [0.05, 0.1) is 69.3 Å². The second-order valence-corrected chi connectivity index (χ2v) is 46.1. The van der Waals surface area contributed by atoms with Gasteiger partial charge in [-0.15, -0.1) is 0 Å². The van der Waals surface area contributed by atoms with Crippen molar-refractivity contribution in [2.24, 2.45) is 38.9 Å². The number of nitrogens with zero attached hydrogens (tertiary/aromatic N) is 2. The lowest BCUT2D eigenvalue weighted by atomic mass is 9.75. The molecule has 23 nitrogen and oxygen atoms in total. The van der Waals surface area contributed by atoms with Crippen molar-refractivity contribution in [2.75, 3.05) is 26.4 Å². The predicted molar refractivity (Wildman–Crippen MR) is 533 cm³/mol. The number of halogens is 10. The first-order chi connectivity index (χ1) is 68.9. The van der Waals surface area contributed by atoms with E-state index in [0.29, 0.717) is 44.0 Å². The van der Waals surface area contributed by atoms with Gasteiger partial charge in [0.2, 0.25) is 11.6 Å². The molecule has 4 aliphatic rings. The monoisotopic (exact) mass is 2140 g/mol. The number of alkyl halides is 6. The maximum Gasteiger partial charge on any atom is 0.399 e. The van der Waals surface area contributed by atoms with Gasteiger partial charge in [0, 0.05) is 24.7 Å². The molecule has 2 saturated heterocycles. The number of phenols is 1. The fourth-order valence-corrected chi connectivity index (χ4v) is 22.0. The second-order valence-electron chi connectivity index (χ2n) is 37.2. The quantitative estimate of drug-likeness (QED) is 0.00802. The molecule has 2 aliphatic carbocycles. The molecule has 10 aromatic rings. The number of fused-ring (bicyclic) bond motifs is 1. The van der Waals surface area contributed by atoms with Crippen LogP contribution in [0.25, 0.3) is 15.3 Å². The van der Waals surface area contributed by atoms with Crippen molar-refractivity contribution in [3.8, 4) is 28.7 Å². The molecular formula is C109H120F10N2O21S5. The number of hydrogen-bond acceptors (Lipinski definition) is 22. The van der Waals surface area contributed by atoms with Crippen LogP contribution in [0.3, 0.4) is 0 Å². The normalized spacial score (nSPS) is 18.2. The van der Waals surface area contributed by atoms with Crippen LogP contribution in [-0.2, 0) is 116 Å². The maximum absolute atomic E-state index is 13.7. The number of ether oxygens (including phenoxy) is 7. The summed E-state index contributed by atoms with van der Waals surface area (Å²) in [6.45, 7) is 27.7. The Labute approximate surface area is 857 Å². The van der Waals surface area contributed by atoms with Gasteiger partial charge < -0.3 is 46.9 Å². The van der Waals surface area contributed by atoms with Crippen molar-refractivity contribution in [3.05, 3.63) is 299 Å².